The number of benzene rings is 2. The van der Waals surface area contributed by atoms with Gasteiger partial charge in [0.15, 0.2) is 6.23 Å². The normalized spacial score (nSPS) is 17.5. The highest BCUT2D eigenvalue weighted by Crippen LogP contribution is 2.46. The Kier molecular flexibility index (Phi) is 8.43. The van der Waals surface area contributed by atoms with Gasteiger partial charge in [0.2, 0.25) is 5.91 Å². The molecule has 188 valence electrons. The number of likely N-dealkylation sites (tertiary alicyclic amines) is 1. The fourth-order valence-corrected chi connectivity index (χ4v) is 4.80. The van der Waals surface area contributed by atoms with Gasteiger partial charge in [0.1, 0.15) is 11.2 Å². The van der Waals surface area contributed by atoms with Crippen molar-refractivity contribution in [1.82, 2.24) is 10.2 Å². The molecule has 2 atom stereocenters. The first-order valence-corrected chi connectivity index (χ1v) is 12.4. The summed E-state index contributed by atoms with van der Waals surface area (Å²) in [5.41, 5.74) is 1.75. The summed E-state index contributed by atoms with van der Waals surface area (Å²) in [4.78, 5) is 38.8. The number of nitrogens with one attached hydrogen (secondary N) is 1. The van der Waals surface area contributed by atoms with Crippen molar-refractivity contribution in [3.8, 4) is 5.75 Å². The summed E-state index contributed by atoms with van der Waals surface area (Å²) < 4.78 is 6.17. The predicted molar refractivity (Wildman–Crippen MR) is 134 cm³/mol. The van der Waals surface area contributed by atoms with Crippen molar-refractivity contribution in [2.75, 3.05) is 0 Å². The fraction of sp³-hybridized carbons (Fsp3) is 0.444. The second-order valence-electron chi connectivity index (χ2n) is 9.03. The number of hydrogen-bond acceptors (Lipinski definition) is 4. The zero-order valence-corrected chi connectivity index (χ0v) is 21.4. The Bertz CT molecular complexity index is 1080. The van der Waals surface area contributed by atoms with E-state index in [1.807, 2.05) is 52.0 Å². The van der Waals surface area contributed by atoms with Crippen molar-refractivity contribution in [2.45, 2.75) is 72.1 Å². The minimum Gasteiger partial charge on any atom is -0.481 e. The first-order valence-electron chi connectivity index (χ1n) is 12.0. The maximum Gasteiger partial charge on any atom is 0.327 e. The zero-order valence-electron chi connectivity index (χ0n) is 20.6. The van der Waals surface area contributed by atoms with Crippen LogP contribution in [0.3, 0.4) is 0 Å². The van der Waals surface area contributed by atoms with Crippen molar-refractivity contribution in [1.29, 1.82) is 0 Å². The van der Waals surface area contributed by atoms with E-state index in [0.717, 1.165) is 28.9 Å². The molecular weight excluding hydrogens is 468 g/mol. The number of rotatable bonds is 10. The lowest BCUT2D eigenvalue weighted by molar-refractivity contribution is -0.191. The molecule has 2 N–H and O–H groups in total. The number of carboxylic acid groups (broad SMARTS) is 1. The minimum atomic E-state index is -0.987. The number of aryl methyl sites for hydroxylation is 1. The van der Waals surface area contributed by atoms with Gasteiger partial charge in [0.05, 0.1) is 12.5 Å². The number of ether oxygens (including phenoxy) is 1. The van der Waals surface area contributed by atoms with Crippen LogP contribution >= 0.6 is 11.6 Å². The third-order valence-electron chi connectivity index (χ3n) is 6.80. The van der Waals surface area contributed by atoms with Crippen LogP contribution in [0.1, 0.15) is 69.2 Å². The van der Waals surface area contributed by atoms with Crippen molar-refractivity contribution in [3.63, 3.8) is 0 Å². The van der Waals surface area contributed by atoms with Gasteiger partial charge < -0.3 is 15.2 Å². The summed E-state index contributed by atoms with van der Waals surface area (Å²) in [6, 6.07) is 12.0. The SMILES string of the molecule is CCC[C@@H](NC(=O)N1C(=O)C(CC)(CC)[C@@H]1Oc1ccc(CC(=O)O)c(Cl)c1)c1ccc(C)cc1. The van der Waals surface area contributed by atoms with Crippen LogP contribution in [0.5, 0.6) is 5.75 Å². The number of imide groups is 1. The van der Waals surface area contributed by atoms with Crippen molar-refractivity contribution in [2.24, 2.45) is 5.41 Å². The Morgan fingerprint density at radius 3 is 2.34 bits per heavy atom. The van der Waals surface area contributed by atoms with Gasteiger partial charge in [0.25, 0.3) is 0 Å². The second kappa shape index (κ2) is 11.1. The Morgan fingerprint density at radius 2 is 1.80 bits per heavy atom. The average molecular weight is 501 g/mol. The number of urea groups is 1. The summed E-state index contributed by atoms with van der Waals surface area (Å²) in [5, 5.41) is 12.3. The van der Waals surface area contributed by atoms with Gasteiger partial charge in [-0.15, -0.1) is 0 Å². The van der Waals surface area contributed by atoms with Gasteiger partial charge in [-0.3, -0.25) is 9.59 Å². The van der Waals surface area contributed by atoms with Gasteiger partial charge in [-0.2, -0.15) is 0 Å². The molecule has 2 aromatic rings. The first-order chi connectivity index (χ1) is 16.7. The number of carboxylic acids is 1. The van der Waals surface area contributed by atoms with E-state index in [-0.39, 0.29) is 23.4 Å². The van der Waals surface area contributed by atoms with E-state index in [1.165, 1.54) is 6.07 Å². The van der Waals surface area contributed by atoms with Crippen molar-refractivity contribution < 1.29 is 24.2 Å². The lowest BCUT2D eigenvalue weighted by Gasteiger charge is -2.53. The molecule has 1 aliphatic heterocycles. The van der Waals surface area contributed by atoms with Crippen LogP contribution in [0.15, 0.2) is 42.5 Å². The summed E-state index contributed by atoms with van der Waals surface area (Å²) in [6.45, 7) is 7.86. The van der Waals surface area contributed by atoms with Crippen LogP contribution in [0.2, 0.25) is 5.02 Å². The number of carbonyl (C=O) groups excluding carboxylic acids is 2. The van der Waals surface area contributed by atoms with Gasteiger partial charge in [-0.05, 0) is 49.4 Å². The van der Waals surface area contributed by atoms with Crippen LogP contribution in [-0.4, -0.2) is 34.1 Å². The van der Waals surface area contributed by atoms with Crippen LogP contribution in [0.25, 0.3) is 0 Å². The quantitative estimate of drug-likeness (QED) is 0.397. The summed E-state index contributed by atoms with van der Waals surface area (Å²) in [6.07, 6.45) is 1.61. The average Bonchev–Trinajstić information content (AvgIpc) is 2.81. The predicted octanol–water partition coefficient (Wildman–Crippen LogP) is 5.88. The van der Waals surface area contributed by atoms with E-state index in [1.54, 1.807) is 12.1 Å². The van der Waals surface area contributed by atoms with Crippen LogP contribution in [0.4, 0.5) is 4.79 Å². The minimum absolute atomic E-state index is 0.207. The Labute approximate surface area is 211 Å². The lowest BCUT2D eigenvalue weighted by atomic mass is 9.72. The lowest BCUT2D eigenvalue weighted by Crippen LogP contribution is -2.73. The van der Waals surface area contributed by atoms with Crippen LogP contribution in [0, 0.1) is 12.3 Å². The number of amides is 3. The monoisotopic (exact) mass is 500 g/mol. The molecule has 2 aromatic carbocycles. The molecule has 0 saturated carbocycles. The molecule has 3 amide bonds. The number of hydrogen-bond donors (Lipinski definition) is 2. The number of nitrogens with zero attached hydrogens (tertiary/aromatic N) is 1. The summed E-state index contributed by atoms with van der Waals surface area (Å²) in [7, 11) is 0. The summed E-state index contributed by atoms with van der Waals surface area (Å²) in [5.74, 6) is -0.883. The first kappa shape index (κ1) is 26.5. The van der Waals surface area contributed by atoms with Gasteiger partial charge in [-0.25, -0.2) is 9.69 Å². The Hall–Kier alpha value is -3.06. The van der Waals surface area contributed by atoms with Gasteiger partial charge in [-0.1, -0.05) is 74.7 Å². The molecule has 0 spiro atoms. The van der Waals surface area contributed by atoms with E-state index < -0.39 is 23.6 Å². The van der Waals surface area contributed by atoms with Crippen molar-refractivity contribution >= 4 is 29.5 Å². The largest absolute Gasteiger partial charge is 0.481 e. The van der Waals surface area contributed by atoms with E-state index in [2.05, 4.69) is 5.32 Å². The van der Waals surface area contributed by atoms with E-state index in [9.17, 15) is 14.4 Å². The van der Waals surface area contributed by atoms with Crippen LogP contribution < -0.4 is 10.1 Å². The Balaban J connectivity index is 1.85. The molecule has 0 aliphatic carbocycles. The highest BCUT2D eigenvalue weighted by Gasteiger charge is 2.63. The molecule has 1 aliphatic rings. The molecular formula is C27H33ClN2O5. The maximum absolute atomic E-state index is 13.3. The molecule has 8 heteroatoms. The molecule has 35 heavy (non-hydrogen) atoms. The third kappa shape index (κ3) is 5.45. The molecule has 0 unspecified atom stereocenters. The highest BCUT2D eigenvalue weighted by molar-refractivity contribution is 6.31. The molecule has 7 nitrogen and oxygen atoms in total. The topological polar surface area (TPSA) is 95.9 Å². The van der Waals surface area contributed by atoms with E-state index >= 15 is 0 Å². The highest BCUT2D eigenvalue weighted by atomic mass is 35.5. The zero-order chi connectivity index (χ0) is 25.8. The van der Waals surface area contributed by atoms with E-state index in [0.29, 0.717) is 24.2 Å². The standard InChI is InChI=1S/C27H33ClN2O5/c1-5-8-22(18-11-9-17(4)10-12-18)29-26(34)30-24(33)27(6-2,7-3)25(30)35-20-14-13-19(15-23(31)32)21(28)16-20/h9-14,16,22,25H,5-8,15H2,1-4H3,(H,29,34)(H,31,32)/t22-,25+/m1/s1. The van der Waals surface area contributed by atoms with Gasteiger partial charge >= 0.3 is 12.0 Å². The second-order valence-corrected chi connectivity index (χ2v) is 9.44. The maximum atomic E-state index is 13.3. The number of carbonyl (C=O) groups is 3. The number of aliphatic carboxylic acids is 1. The summed E-state index contributed by atoms with van der Waals surface area (Å²) >= 11 is 6.26. The Morgan fingerprint density at radius 1 is 1.14 bits per heavy atom. The smallest absolute Gasteiger partial charge is 0.327 e. The molecule has 3 rings (SSSR count). The molecule has 1 heterocycles. The molecule has 0 radical (unpaired) electrons. The third-order valence-corrected chi connectivity index (χ3v) is 7.15. The van der Waals surface area contributed by atoms with Crippen LogP contribution in [-0.2, 0) is 16.0 Å². The molecule has 1 fully saturated rings. The molecule has 0 bridgehead atoms. The number of β-lactam (4-membered cyclic amide) rings is 1. The van der Waals surface area contributed by atoms with E-state index in [4.69, 9.17) is 21.4 Å². The number of halogens is 1. The molecule has 1 saturated heterocycles. The fourth-order valence-electron chi connectivity index (χ4n) is 4.56. The molecule has 0 aromatic heterocycles. The van der Waals surface area contributed by atoms with Gasteiger partial charge in [0, 0.05) is 5.02 Å². The van der Waals surface area contributed by atoms with Crippen molar-refractivity contribution in [3.05, 3.63) is 64.2 Å².